The van der Waals surface area contributed by atoms with Crippen LogP contribution in [0.1, 0.15) is 5.89 Å². The van der Waals surface area contributed by atoms with E-state index in [2.05, 4.69) is 21.6 Å². The van der Waals surface area contributed by atoms with Crippen LogP contribution >= 0.6 is 11.6 Å². The summed E-state index contributed by atoms with van der Waals surface area (Å²) in [6.07, 6.45) is 2.44. The number of nitrogens with zero attached hydrogens (tertiary/aromatic N) is 3. The van der Waals surface area contributed by atoms with Gasteiger partial charge in [0.1, 0.15) is 0 Å². The average molecular weight is 308 g/mol. The molecule has 112 valence electrons. The molecule has 0 saturated carbocycles. The highest BCUT2D eigenvalue weighted by Gasteiger charge is 2.10. The molecule has 0 aliphatic rings. The minimum Gasteiger partial charge on any atom is -0.395 e. The molecule has 0 unspecified atom stereocenters. The van der Waals surface area contributed by atoms with Crippen molar-refractivity contribution in [3.63, 3.8) is 0 Å². The van der Waals surface area contributed by atoms with E-state index < -0.39 is 0 Å². The smallest absolute Gasteiger partial charge is 0.228 e. The molecular weight excluding hydrogens is 290 g/mol. The first-order chi connectivity index (χ1) is 10.2. The molecule has 0 aliphatic carbocycles. The van der Waals surface area contributed by atoms with E-state index in [9.17, 15) is 0 Å². The van der Waals surface area contributed by atoms with Gasteiger partial charge in [0.15, 0.2) is 0 Å². The van der Waals surface area contributed by atoms with Crippen LogP contribution in [0.15, 0.2) is 41.4 Å². The van der Waals surface area contributed by atoms with Crippen LogP contribution in [0.4, 0.5) is 0 Å². The van der Waals surface area contributed by atoms with E-state index in [1.54, 1.807) is 12.1 Å². The summed E-state index contributed by atoms with van der Waals surface area (Å²) < 4.78 is 5.25. The van der Waals surface area contributed by atoms with Gasteiger partial charge in [-0.25, -0.2) is 0 Å². The molecule has 0 bridgehead atoms. The van der Waals surface area contributed by atoms with Crippen molar-refractivity contribution in [3.05, 3.63) is 47.8 Å². The first kappa shape index (κ1) is 15.7. The lowest BCUT2D eigenvalue weighted by Gasteiger charge is -2.17. The Morgan fingerprint density at radius 2 is 2.05 bits per heavy atom. The molecule has 0 fully saturated rings. The fourth-order valence-corrected chi connectivity index (χ4v) is 2.07. The van der Waals surface area contributed by atoms with E-state index in [4.69, 9.17) is 21.2 Å². The molecule has 21 heavy (non-hydrogen) atoms. The molecule has 0 aliphatic heterocycles. The summed E-state index contributed by atoms with van der Waals surface area (Å²) in [7, 11) is 0. The van der Waals surface area contributed by atoms with Gasteiger partial charge < -0.3 is 9.63 Å². The van der Waals surface area contributed by atoms with Crippen molar-refractivity contribution < 1.29 is 9.63 Å². The van der Waals surface area contributed by atoms with Gasteiger partial charge in [0.2, 0.25) is 11.7 Å². The molecule has 1 aromatic heterocycles. The van der Waals surface area contributed by atoms with Gasteiger partial charge in [-0.05, 0) is 24.3 Å². The largest absolute Gasteiger partial charge is 0.395 e. The predicted octanol–water partition coefficient (Wildman–Crippen LogP) is 2.41. The second-order valence-electron chi connectivity index (χ2n) is 4.58. The standard InChI is InChI=1S/C15H18ClN3O2/c1-2-8-19(10-11-20)9-7-14-17-15(18-21-14)12-3-5-13(16)6-4-12/h2-6,20H,1,7-11H2. The maximum Gasteiger partial charge on any atom is 0.228 e. The summed E-state index contributed by atoms with van der Waals surface area (Å²) in [6, 6.07) is 7.29. The van der Waals surface area contributed by atoms with E-state index in [0.29, 0.717) is 29.7 Å². The van der Waals surface area contributed by atoms with Gasteiger partial charge in [0.25, 0.3) is 0 Å². The van der Waals surface area contributed by atoms with Crippen molar-refractivity contribution in [1.82, 2.24) is 15.0 Å². The van der Waals surface area contributed by atoms with Gasteiger partial charge in [0, 0.05) is 36.6 Å². The van der Waals surface area contributed by atoms with Crippen LogP contribution in [-0.4, -0.2) is 46.4 Å². The molecule has 2 rings (SSSR count). The van der Waals surface area contributed by atoms with Crippen LogP contribution in [-0.2, 0) is 6.42 Å². The lowest BCUT2D eigenvalue weighted by molar-refractivity contribution is 0.205. The second kappa shape index (κ2) is 7.93. The van der Waals surface area contributed by atoms with Crippen LogP contribution in [0.5, 0.6) is 0 Å². The number of rotatable bonds is 8. The van der Waals surface area contributed by atoms with Crippen molar-refractivity contribution in [3.8, 4) is 11.4 Å². The van der Waals surface area contributed by atoms with Gasteiger partial charge in [0.05, 0.1) is 6.61 Å². The third-order valence-electron chi connectivity index (χ3n) is 3.02. The molecule has 1 N–H and O–H groups in total. The van der Waals surface area contributed by atoms with Crippen molar-refractivity contribution in [2.45, 2.75) is 6.42 Å². The Bertz CT molecular complexity index is 569. The highest BCUT2D eigenvalue weighted by Crippen LogP contribution is 2.18. The van der Waals surface area contributed by atoms with Gasteiger partial charge in [-0.2, -0.15) is 4.98 Å². The molecule has 6 heteroatoms. The highest BCUT2D eigenvalue weighted by molar-refractivity contribution is 6.30. The lowest BCUT2D eigenvalue weighted by atomic mass is 10.2. The maximum atomic E-state index is 9.00. The SMILES string of the molecule is C=CCN(CCO)CCc1nc(-c2ccc(Cl)cc2)no1. The molecule has 2 aromatic rings. The quantitative estimate of drug-likeness (QED) is 0.759. The molecule has 0 spiro atoms. The van der Waals surface area contributed by atoms with E-state index >= 15 is 0 Å². The average Bonchev–Trinajstić information content (AvgIpc) is 2.95. The zero-order chi connectivity index (χ0) is 15.1. The Morgan fingerprint density at radius 1 is 1.29 bits per heavy atom. The van der Waals surface area contributed by atoms with E-state index in [1.807, 2.05) is 18.2 Å². The second-order valence-corrected chi connectivity index (χ2v) is 5.02. The molecule has 5 nitrogen and oxygen atoms in total. The Morgan fingerprint density at radius 3 is 2.71 bits per heavy atom. The maximum absolute atomic E-state index is 9.00. The van der Waals surface area contributed by atoms with Crippen LogP contribution in [0.2, 0.25) is 5.02 Å². The zero-order valence-corrected chi connectivity index (χ0v) is 12.5. The topological polar surface area (TPSA) is 62.4 Å². The van der Waals surface area contributed by atoms with E-state index in [0.717, 1.165) is 18.7 Å². The summed E-state index contributed by atoms with van der Waals surface area (Å²) >= 11 is 5.85. The zero-order valence-electron chi connectivity index (χ0n) is 11.7. The Labute approximate surface area is 128 Å². The van der Waals surface area contributed by atoms with Gasteiger partial charge in [-0.3, -0.25) is 4.90 Å². The Balaban J connectivity index is 1.96. The number of aliphatic hydroxyl groups is 1. The van der Waals surface area contributed by atoms with Crippen LogP contribution in [0, 0.1) is 0 Å². The van der Waals surface area contributed by atoms with E-state index in [1.165, 1.54) is 0 Å². The fourth-order valence-electron chi connectivity index (χ4n) is 1.94. The summed E-state index contributed by atoms with van der Waals surface area (Å²) in [6.45, 7) is 5.88. The van der Waals surface area contributed by atoms with Crippen LogP contribution < -0.4 is 0 Å². The predicted molar refractivity (Wildman–Crippen MR) is 82.2 cm³/mol. The lowest BCUT2D eigenvalue weighted by Crippen LogP contribution is -2.29. The Hall–Kier alpha value is -1.69. The van der Waals surface area contributed by atoms with Crippen molar-refractivity contribution in [2.24, 2.45) is 0 Å². The normalized spacial score (nSPS) is 11.0. The third-order valence-corrected chi connectivity index (χ3v) is 3.27. The summed E-state index contributed by atoms with van der Waals surface area (Å²) in [5.41, 5.74) is 0.868. The number of benzene rings is 1. The first-order valence-electron chi connectivity index (χ1n) is 6.75. The number of halogens is 1. The van der Waals surface area contributed by atoms with Crippen LogP contribution in [0.3, 0.4) is 0 Å². The fraction of sp³-hybridized carbons (Fsp3) is 0.333. The van der Waals surface area contributed by atoms with Crippen molar-refractivity contribution >= 4 is 11.6 Å². The monoisotopic (exact) mass is 307 g/mol. The number of aliphatic hydroxyl groups excluding tert-OH is 1. The summed E-state index contributed by atoms with van der Waals surface area (Å²) in [4.78, 5) is 6.44. The van der Waals surface area contributed by atoms with Crippen molar-refractivity contribution in [1.29, 1.82) is 0 Å². The molecular formula is C15H18ClN3O2. The number of aromatic nitrogens is 2. The van der Waals surface area contributed by atoms with Gasteiger partial charge in [-0.1, -0.05) is 22.8 Å². The first-order valence-corrected chi connectivity index (χ1v) is 7.13. The minimum atomic E-state index is 0.119. The van der Waals surface area contributed by atoms with Crippen molar-refractivity contribution in [2.75, 3.05) is 26.2 Å². The highest BCUT2D eigenvalue weighted by atomic mass is 35.5. The van der Waals surface area contributed by atoms with Crippen LogP contribution in [0.25, 0.3) is 11.4 Å². The minimum absolute atomic E-state index is 0.119. The molecule has 0 radical (unpaired) electrons. The number of hydrogen-bond donors (Lipinski definition) is 1. The van der Waals surface area contributed by atoms with Gasteiger partial charge in [-0.15, -0.1) is 6.58 Å². The molecule has 0 amide bonds. The molecule has 1 aromatic carbocycles. The summed E-state index contributed by atoms with van der Waals surface area (Å²) in [5, 5.41) is 13.6. The molecule has 0 atom stereocenters. The summed E-state index contributed by atoms with van der Waals surface area (Å²) in [5.74, 6) is 1.13. The molecule has 0 saturated heterocycles. The molecule has 1 heterocycles. The van der Waals surface area contributed by atoms with E-state index in [-0.39, 0.29) is 6.61 Å². The number of hydrogen-bond acceptors (Lipinski definition) is 5. The third kappa shape index (κ3) is 4.67. The Kier molecular flexibility index (Phi) is 5.92. The van der Waals surface area contributed by atoms with Gasteiger partial charge >= 0.3 is 0 Å².